The van der Waals surface area contributed by atoms with Crippen LogP contribution in [0.2, 0.25) is 5.02 Å². The number of morpholine rings is 1. The number of benzene rings is 3. The maximum absolute atomic E-state index is 17.2. The molecule has 4 aromatic rings. The summed E-state index contributed by atoms with van der Waals surface area (Å²) in [5, 5.41) is 14.7. The Kier molecular flexibility index (Phi) is 7.64. The van der Waals surface area contributed by atoms with E-state index in [1.165, 1.54) is 18.2 Å². The van der Waals surface area contributed by atoms with Crippen molar-refractivity contribution in [3.8, 4) is 35.2 Å². The van der Waals surface area contributed by atoms with E-state index >= 15 is 17.6 Å². The zero-order chi connectivity index (χ0) is 35.3. The number of nitrogens with one attached hydrogen (secondary N) is 1. The van der Waals surface area contributed by atoms with Gasteiger partial charge in [-0.3, -0.25) is 4.90 Å². The molecule has 5 aliphatic rings. The minimum Gasteiger partial charge on any atom is -0.508 e. The topological polar surface area (TPSA) is 83.0 Å². The maximum atomic E-state index is 17.2. The summed E-state index contributed by atoms with van der Waals surface area (Å²) in [6, 6.07) is 6.54. The summed E-state index contributed by atoms with van der Waals surface area (Å²) in [7, 11) is 0. The van der Waals surface area contributed by atoms with Crippen LogP contribution in [0.4, 0.5) is 23.4 Å². The van der Waals surface area contributed by atoms with Crippen molar-refractivity contribution in [3.63, 3.8) is 0 Å². The number of halogens is 5. The summed E-state index contributed by atoms with van der Waals surface area (Å²) in [6.07, 6.45) is 6.70. The van der Waals surface area contributed by atoms with Crippen molar-refractivity contribution in [3.05, 3.63) is 52.3 Å². The van der Waals surface area contributed by atoms with E-state index in [2.05, 4.69) is 21.1 Å². The molecule has 2 bridgehead atoms. The Hall–Kier alpha value is -3.89. The molecule has 2 aliphatic carbocycles. The number of ether oxygens (including phenoxy) is 2. The predicted octanol–water partition coefficient (Wildman–Crippen LogP) is 6.91. The van der Waals surface area contributed by atoms with Crippen LogP contribution in [0.15, 0.2) is 30.3 Å². The van der Waals surface area contributed by atoms with Gasteiger partial charge in [-0.25, -0.2) is 4.39 Å². The lowest BCUT2D eigenvalue weighted by Gasteiger charge is -2.35. The third-order valence-electron chi connectivity index (χ3n) is 11.3. The van der Waals surface area contributed by atoms with Gasteiger partial charge in [-0.2, -0.15) is 23.1 Å². The summed E-state index contributed by atoms with van der Waals surface area (Å²) in [5.41, 5.74) is -2.62. The fraction of sp³-hybridized carbons (Fsp3) is 0.474. The number of aromatic nitrogens is 2. The molecule has 13 heteroatoms. The molecule has 3 aromatic carbocycles. The highest BCUT2D eigenvalue weighted by Crippen LogP contribution is 2.50. The number of rotatable bonds is 7. The standard InChI is InChI=1S/C38H36ClF4N5O3/c1-2-25-29(39)6-3-21-13-24(49)14-26(30(21)25)31-28(38(41,42)43)15-27-33(32(31)40)45-35(46-34(27)48-16-22-4-5-23(17-48)44-22)50-20-36(7-8-36)18-47-11-12-51-37(19-47)9-10-37/h1,3,6,13-15,22-23,44,49H,4-5,7-12,16-20H2. The molecule has 2 atom stereocenters. The second-order valence-corrected chi connectivity index (χ2v) is 15.5. The van der Waals surface area contributed by atoms with Gasteiger partial charge in [0, 0.05) is 66.6 Å². The molecule has 4 heterocycles. The minimum atomic E-state index is -5.00. The van der Waals surface area contributed by atoms with Crippen LogP contribution in [0.3, 0.4) is 0 Å². The Morgan fingerprint density at radius 3 is 2.55 bits per heavy atom. The molecule has 1 spiro atoms. The average Bonchev–Trinajstić information content (AvgIpc) is 4.01. The van der Waals surface area contributed by atoms with Gasteiger partial charge in [0.05, 0.1) is 35.0 Å². The van der Waals surface area contributed by atoms with E-state index in [0.717, 1.165) is 70.3 Å². The van der Waals surface area contributed by atoms with E-state index in [1.54, 1.807) is 0 Å². The first-order valence-electron chi connectivity index (χ1n) is 17.5. The monoisotopic (exact) mass is 721 g/mol. The molecule has 1 aromatic heterocycles. The Morgan fingerprint density at radius 1 is 1.10 bits per heavy atom. The van der Waals surface area contributed by atoms with E-state index < -0.39 is 23.1 Å². The number of phenols is 1. The quantitative estimate of drug-likeness (QED) is 0.158. The van der Waals surface area contributed by atoms with Crippen molar-refractivity contribution in [2.45, 2.75) is 62.4 Å². The van der Waals surface area contributed by atoms with Gasteiger partial charge in [0.1, 0.15) is 17.1 Å². The van der Waals surface area contributed by atoms with Crippen LogP contribution < -0.4 is 15.0 Å². The van der Waals surface area contributed by atoms with Crippen LogP contribution in [0.1, 0.15) is 49.7 Å². The number of terminal acetylenes is 1. The van der Waals surface area contributed by atoms with E-state index in [1.807, 2.05) is 4.90 Å². The Morgan fingerprint density at radius 2 is 1.86 bits per heavy atom. The van der Waals surface area contributed by atoms with Crippen LogP contribution >= 0.6 is 11.6 Å². The van der Waals surface area contributed by atoms with Gasteiger partial charge in [0.25, 0.3) is 0 Å². The predicted molar refractivity (Wildman–Crippen MR) is 186 cm³/mol. The van der Waals surface area contributed by atoms with E-state index in [-0.39, 0.29) is 73.1 Å². The number of aromatic hydroxyl groups is 1. The van der Waals surface area contributed by atoms with Crippen molar-refractivity contribution in [1.29, 1.82) is 0 Å². The maximum Gasteiger partial charge on any atom is 0.417 e. The van der Waals surface area contributed by atoms with Crippen molar-refractivity contribution in [2.75, 3.05) is 50.8 Å². The van der Waals surface area contributed by atoms with Crippen LogP contribution in [-0.2, 0) is 10.9 Å². The van der Waals surface area contributed by atoms with Gasteiger partial charge in [-0.05, 0) is 73.7 Å². The third kappa shape index (κ3) is 5.92. The van der Waals surface area contributed by atoms with Gasteiger partial charge < -0.3 is 24.8 Å². The minimum absolute atomic E-state index is 0.00799. The highest BCUT2D eigenvalue weighted by molar-refractivity contribution is 6.33. The number of anilines is 1. The smallest absolute Gasteiger partial charge is 0.417 e. The van der Waals surface area contributed by atoms with Crippen molar-refractivity contribution in [1.82, 2.24) is 20.2 Å². The zero-order valence-electron chi connectivity index (χ0n) is 27.8. The molecular weight excluding hydrogens is 686 g/mol. The molecule has 0 radical (unpaired) electrons. The first-order valence-corrected chi connectivity index (χ1v) is 17.8. The number of alkyl halides is 3. The average molecular weight is 722 g/mol. The van der Waals surface area contributed by atoms with Crippen LogP contribution in [0, 0.1) is 23.6 Å². The largest absolute Gasteiger partial charge is 0.508 e. The molecule has 51 heavy (non-hydrogen) atoms. The number of phenolic OH excluding ortho intramolecular Hbond substituents is 1. The molecule has 2 unspecified atom stereocenters. The van der Waals surface area contributed by atoms with Crippen LogP contribution in [0.5, 0.6) is 11.8 Å². The molecule has 0 amide bonds. The third-order valence-corrected chi connectivity index (χ3v) is 11.7. The summed E-state index contributed by atoms with van der Waals surface area (Å²) < 4.78 is 74.8. The Labute approximate surface area is 297 Å². The van der Waals surface area contributed by atoms with Crippen molar-refractivity contribution < 1.29 is 32.1 Å². The van der Waals surface area contributed by atoms with Gasteiger partial charge in [0.15, 0.2) is 5.82 Å². The fourth-order valence-corrected chi connectivity index (χ4v) is 8.65. The lowest BCUT2D eigenvalue weighted by atomic mass is 9.90. The normalized spacial score (nSPS) is 23.6. The first kappa shape index (κ1) is 33.0. The lowest BCUT2D eigenvalue weighted by molar-refractivity contribution is -0.137. The van der Waals surface area contributed by atoms with Gasteiger partial charge in [-0.15, -0.1) is 6.42 Å². The number of hydrogen-bond acceptors (Lipinski definition) is 8. The molecular formula is C38H36ClF4N5O3. The van der Waals surface area contributed by atoms with Crippen molar-refractivity contribution >= 4 is 39.1 Å². The van der Waals surface area contributed by atoms with Crippen LogP contribution in [-0.4, -0.2) is 83.6 Å². The number of hydrogen-bond donors (Lipinski definition) is 2. The van der Waals surface area contributed by atoms with E-state index in [4.69, 9.17) is 32.5 Å². The highest BCUT2D eigenvalue weighted by Gasteiger charge is 2.51. The van der Waals surface area contributed by atoms with Crippen molar-refractivity contribution in [2.24, 2.45) is 5.41 Å². The molecule has 8 nitrogen and oxygen atoms in total. The SMILES string of the molecule is C#Cc1c(Cl)ccc2cc(O)cc(-c3c(C(F)(F)F)cc4c(N5CC6CCC(C5)N6)nc(OCC5(CN6CCOC7(CC7)C6)CC5)nc4c3F)c12. The molecule has 266 valence electrons. The highest BCUT2D eigenvalue weighted by atomic mass is 35.5. The molecule has 3 saturated heterocycles. The molecule has 2 saturated carbocycles. The summed E-state index contributed by atoms with van der Waals surface area (Å²) in [4.78, 5) is 13.5. The van der Waals surface area contributed by atoms with E-state index in [0.29, 0.717) is 31.7 Å². The Bertz CT molecular complexity index is 2120. The molecule has 3 aliphatic heterocycles. The summed E-state index contributed by atoms with van der Waals surface area (Å²) in [6.45, 7) is 4.56. The fourth-order valence-electron chi connectivity index (χ4n) is 8.43. The Balaban J connectivity index is 1.18. The zero-order valence-corrected chi connectivity index (χ0v) is 28.5. The summed E-state index contributed by atoms with van der Waals surface area (Å²) >= 11 is 6.40. The van der Waals surface area contributed by atoms with E-state index in [9.17, 15) is 5.11 Å². The van der Waals surface area contributed by atoms with Gasteiger partial charge in [-0.1, -0.05) is 23.6 Å². The first-order chi connectivity index (χ1) is 24.4. The summed E-state index contributed by atoms with van der Waals surface area (Å²) in [5.74, 6) is 1.07. The second-order valence-electron chi connectivity index (χ2n) is 15.1. The number of fused-ring (bicyclic) bond motifs is 4. The molecule has 9 rings (SSSR count). The number of nitrogens with zero attached hydrogens (tertiary/aromatic N) is 4. The van der Waals surface area contributed by atoms with Crippen LogP contribution in [0.25, 0.3) is 32.8 Å². The molecule has 5 fully saturated rings. The van der Waals surface area contributed by atoms with Gasteiger partial charge in [0.2, 0.25) is 0 Å². The lowest BCUT2D eigenvalue weighted by Crippen LogP contribution is -2.51. The second kappa shape index (κ2) is 11.8. The molecule has 2 N–H and O–H groups in total. The number of piperazine rings is 1. The van der Waals surface area contributed by atoms with Gasteiger partial charge >= 0.3 is 12.2 Å².